The molecule has 5 heteroatoms. The molecule has 0 radical (unpaired) electrons. The van der Waals surface area contributed by atoms with Gasteiger partial charge in [-0.1, -0.05) is 33.0 Å². The van der Waals surface area contributed by atoms with Gasteiger partial charge in [-0.15, -0.1) is 0 Å². The molecule has 1 fully saturated rings. The van der Waals surface area contributed by atoms with Gasteiger partial charge in [-0.25, -0.2) is 0 Å². The summed E-state index contributed by atoms with van der Waals surface area (Å²) in [6, 6.07) is -0.247. The molecule has 5 atom stereocenters. The highest BCUT2D eigenvalue weighted by Gasteiger charge is 2.42. The van der Waals surface area contributed by atoms with Gasteiger partial charge in [0.2, 0.25) is 5.91 Å². The maximum Gasteiger partial charge on any atom is 0.226 e. The van der Waals surface area contributed by atoms with Gasteiger partial charge >= 0.3 is 0 Å². The molecule has 18 heavy (non-hydrogen) atoms. The number of rotatable bonds is 4. The minimum Gasteiger partial charge on any atom is -0.392 e. The predicted octanol–water partition coefficient (Wildman–Crippen LogP) is 1.47. The van der Waals surface area contributed by atoms with Crippen molar-refractivity contribution in [1.82, 2.24) is 5.32 Å². The molecule has 4 nitrogen and oxygen atoms in total. The Balaban J connectivity index is 2.73. The minimum absolute atomic E-state index is 0.00847. The number of carbonyl (C=O) groups is 1. The monoisotopic (exact) mass is 272 g/mol. The van der Waals surface area contributed by atoms with E-state index in [4.69, 9.17) is 22.7 Å². The lowest BCUT2D eigenvalue weighted by Gasteiger charge is -2.25. The van der Waals surface area contributed by atoms with E-state index in [9.17, 15) is 4.79 Å². The number of ether oxygens (including phenoxy) is 1. The summed E-state index contributed by atoms with van der Waals surface area (Å²) in [7, 11) is 0. The smallest absolute Gasteiger partial charge is 0.226 e. The molecule has 0 saturated carbocycles. The van der Waals surface area contributed by atoms with Gasteiger partial charge in [0.15, 0.2) is 0 Å². The molecule has 104 valence electrons. The third-order valence-corrected chi connectivity index (χ3v) is 4.07. The Morgan fingerprint density at radius 1 is 1.28 bits per heavy atom. The second kappa shape index (κ2) is 5.97. The van der Waals surface area contributed by atoms with Gasteiger partial charge in [-0.05, 0) is 25.7 Å². The van der Waals surface area contributed by atoms with Crippen molar-refractivity contribution in [3.05, 3.63) is 0 Å². The molecule has 3 N–H and O–H groups in total. The molecule has 1 heterocycles. The maximum absolute atomic E-state index is 12.3. The van der Waals surface area contributed by atoms with Gasteiger partial charge in [-0.2, -0.15) is 0 Å². The summed E-state index contributed by atoms with van der Waals surface area (Å²) in [5.41, 5.74) is 5.67. The molecule has 0 bridgehead atoms. The highest BCUT2D eigenvalue weighted by atomic mass is 32.1. The van der Waals surface area contributed by atoms with Crippen LogP contribution in [0.15, 0.2) is 0 Å². The quantitative estimate of drug-likeness (QED) is 0.761. The van der Waals surface area contributed by atoms with Crippen molar-refractivity contribution in [2.24, 2.45) is 23.5 Å². The number of carbonyl (C=O) groups excluding carboxylic acids is 1. The first-order valence-corrected chi connectivity index (χ1v) is 6.91. The van der Waals surface area contributed by atoms with Crippen LogP contribution in [-0.2, 0) is 9.53 Å². The number of thiocarbonyl (C=S) groups is 1. The summed E-state index contributed by atoms with van der Waals surface area (Å²) in [6.07, 6.45) is 0.0484. The van der Waals surface area contributed by atoms with Gasteiger partial charge in [0.05, 0.1) is 29.2 Å². The Morgan fingerprint density at radius 2 is 1.83 bits per heavy atom. The number of amides is 1. The molecule has 1 rings (SSSR count). The fraction of sp³-hybridized carbons (Fsp3) is 0.846. The zero-order chi connectivity index (χ0) is 14.0. The van der Waals surface area contributed by atoms with Crippen molar-refractivity contribution in [1.29, 1.82) is 0 Å². The molecular formula is C13H24N2O2S. The topological polar surface area (TPSA) is 64.3 Å². The van der Waals surface area contributed by atoms with Gasteiger partial charge < -0.3 is 15.8 Å². The first kappa shape index (κ1) is 15.4. The van der Waals surface area contributed by atoms with Crippen LogP contribution in [0.25, 0.3) is 0 Å². The second-order valence-corrected chi connectivity index (χ2v) is 6.04. The fourth-order valence-electron chi connectivity index (χ4n) is 2.53. The van der Waals surface area contributed by atoms with Crippen LogP contribution >= 0.6 is 12.2 Å². The third-order valence-electron chi connectivity index (χ3n) is 3.82. The molecule has 0 aromatic carbocycles. The highest BCUT2D eigenvalue weighted by molar-refractivity contribution is 7.80. The van der Waals surface area contributed by atoms with Crippen LogP contribution in [0.1, 0.15) is 34.6 Å². The second-order valence-electron chi connectivity index (χ2n) is 5.56. The number of nitrogens with two attached hydrogens (primary N) is 1. The van der Waals surface area contributed by atoms with E-state index in [1.807, 2.05) is 34.6 Å². The van der Waals surface area contributed by atoms with E-state index in [2.05, 4.69) is 5.32 Å². The van der Waals surface area contributed by atoms with E-state index in [0.717, 1.165) is 0 Å². The van der Waals surface area contributed by atoms with E-state index in [-0.39, 0.29) is 41.9 Å². The van der Waals surface area contributed by atoms with Crippen LogP contribution < -0.4 is 11.1 Å². The lowest BCUT2D eigenvalue weighted by molar-refractivity contribution is -0.127. The van der Waals surface area contributed by atoms with Crippen LogP contribution in [0.5, 0.6) is 0 Å². The Morgan fingerprint density at radius 3 is 2.17 bits per heavy atom. The maximum atomic E-state index is 12.3. The van der Waals surface area contributed by atoms with Gasteiger partial charge in [0, 0.05) is 0 Å². The lowest BCUT2D eigenvalue weighted by Crippen LogP contribution is -2.50. The molecule has 1 saturated heterocycles. The average molecular weight is 272 g/mol. The van der Waals surface area contributed by atoms with Gasteiger partial charge in [-0.3, -0.25) is 4.79 Å². The van der Waals surface area contributed by atoms with Crippen molar-refractivity contribution in [3.63, 3.8) is 0 Å². The van der Waals surface area contributed by atoms with Crippen LogP contribution in [0.2, 0.25) is 0 Å². The zero-order valence-electron chi connectivity index (χ0n) is 11.8. The molecule has 1 aliphatic heterocycles. The molecular weight excluding hydrogens is 248 g/mol. The first-order valence-electron chi connectivity index (χ1n) is 6.50. The minimum atomic E-state index is -0.247. The van der Waals surface area contributed by atoms with Crippen LogP contribution in [-0.4, -0.2) is 29.1 Å². The Hall–Kier alpha value is -0.680. The van der Waals surface area contributed by atoms with E-state index >= 15 is 0 Å². The Bertz CT molecular complexity index is 333. The van der Waals surface area contributed by atoms with E-state index in [0.29, 0.717) is 4.99 Å². The van der Waals surface area contributed by atoms with E-state index in [1.54, 1.807) is 0 Å². The molecule has 0 aliphatic carbocycles. The molecule has 5 unspecified atom stereocenters. The summed E-state index contributed by atoms with van der Waals surface area (Å²) in [5, 5.41) is 2.95. The highest BCUT2D eigenvalue weighted by Crippen LogP contribution is 2.32. The van der Waals surface area contributed by atoms with Crippen LogP contribution in [0, 0.1) is 17.8 Å². The summed E-state index contributed by atoms with van der Waals surface area (Å²) in [4.78, 5) is 12.7. The SMILES string of the molecule is CC(C)C(NC(=O)C1C(C)OC(C)C1C)C(N)=S. The molecule has 1 amide bonds. The number of hydrogen-bond acceptors (Lipinski definition) is 3. The van der Waals surface area contributed by atoms with Crippen molar-refractivity contribution in [2.45, 2.75) is 52.9 Å². The summed E-state index contributed by atoms with van der Waals surface area (Å²) < 4.78 is 5.68. The fourth-order valence-corrected chi connectivity index (χ4v) is 2.87. The van der Waals surface area contributed by atoms with Gasteiger partial charge in [0.25, 0.3) is 0 Å². The van der Waals surface area contributed by atoms with Gasteiger partial charge in [0.1, 0.15) is 0 Å². The molecule has 1 aliphatic rings. The normalized spacial score (nSPS) is 33.4. The first-order chi connectivity index (χ1) is 8.25. The van der Waals surface area contributed by atoms with Crippen LogP contribution in [0.4, 0.5) is 0 Å². The van der Waals surface area contributed by atoms with Crippen molar-refractivity contribution in [2.75, 3.05) is 0 Å². The van der Waals surface area contributed by atoms with Crippen molar-refractivity contribution >= 4 is 23.1 Å². The molecule has 0 aromatic heterocycles. The predicted molar refractivity (Wildman–Crippen MR) is 76.2 cm³/mol. The average Bonchev–Trinajstić information content (AvgIpc) is 2.48. The third kappa shape index (κ3) is 3.20. The zero-order valence-corrected chi connectivity index (χ0v) is 12.6. The Kier molecular flexibility index (Phi) is 5.10. The molecule has 0 aromatic rings. The van der Waals surface area contributed by atoms with E-state index in [1.165, 1.54) is 0 Å². The largest absolute Gasteiger partial charge is 0.392 e. The van der Waals surface area contributed by atoms with Crippen LogP contribution in [0.3, 0.4) is 0 Å². The lowest BCUT2D eigenvalue weighted by atomic mass is 9.88. The molecule has 0 spiro atoms. The van der Waals surface area contributed by atoms with Crippen molar-refractivity contribution in [3.8, 4) is 0 Å². The summed E-state index contributed by atoms with van der Waals surface area (Å²) in [5.74, 6) is 0.261. The standard InChI is InChI=1S/C13H24N2O2S/c1-6(2)11(12(14)18)15-13(16)10-7(3)8(4)17-9(10)5/h6-11H,1-5H3,(H2,14,18)(H,15,16). The summed E-state index contributed by atoms with van der Waals surface area (Å²) >= 11 is 5.00. The number of nitrogens with one attached hydrogen (secondary N) is 1. The Labute approximate surface area is 115 Å². The van der Waals surface area contributed by atoms with Crippen molar-refractivity contribution < 1.29 is 9.53 Å². The summed E-state index contributed by atoms with van der Waals surface area (Å²) in [6.45, 7) is 9.97. The van der Waals surface area contributed by atoms with E-state index < -0.39 is 0 Å². The number of hydrogen-bond donors (Lipinski definition) is 2.